The topological polar surface area (TPSA) is 53.1 Å². The first kappa shape index (κ1) is 14.1. The molecule has 1 aromatic rings. The number of nitrogens with zero attached hydrogens (tertiary/aromatic N) is 3. The molecule has 1 aromatic heterocycles. The Morgan fingerprint density at radius 3 is 2.95 bits per heavy atom. The molecule has 0 amide bonds. The van der Waals surface area contributed by atoms with Crippen LogP contribution in [-0.2, 0) is 0 Å². The smallest absolute Gasteiger partial charge is 0.224 e. The van der Waals surface area contributed by atoms with Crippen LogP contribution in [0.2, 0.25) is 0 Å². The number of nitrogens with one attached hydrogen (secondary N) is 2. The highest BCUT2D eigenvalue weighted by Crippen LogP contribution is 2.17. The van der Waals surface area contributed by atoms with Crippen LogP contribution in [0.4, 0.5) is 11.8 Å². The maximum atomic E-state index is 4.54. The van der Waals surface area contributed by atoms with Crippen molar-refractivity contribution in [3.63, 3.8) is 0 Å². The molecule has 1 saturated heterocycles. The largest absolute Gasteiger partial charge is 0.369 e. The lowest BCUT2D eigenvalue weighted by Crippen LogP contribution is -2.20. The fourth-order valence-corrected chi connectivity index (χ4v) is 2.38. The van der Waals surface area contributed by atoms with Gasteiger partial charge in [0.15, 0.2) is 0 Å². The van der Waals surface area contributed by atoms with Crippen molar-refractivity contribution in [3.05, 3.63) is 11.8 Å². The Labute approximate surface area is 115 Å². The van der Waals surface area contributed by atoms with Gasteiger partial charge in [-0.05, 0) is 39.3 Å². The summed E-state index contributed by atoms with van der Waals surface area (Å²) in [6.45, 7) is 8.48. The van der Waals surface area contributed by atoms with Gasteiger partial charge >= 0.3 is 0 Å². The van der Waals surface area contributed by atoms with E-state index in [1.807, 2.05) is 13.1 Å². The van der Waals surface area contributed by atoms with E-state index in [4.69, 9.17) is 0 Å². The molecule has 0 spiro atoms. The summed E-state index contributed by atoms with van der Waals surface area (Å²) in [5, 5.41) is 6.70. The van der Waals surface area contributed by atoms with Gasteiger partial charge in [0.2, 0.25) is 5.95 Å². The molecule has 1 fully saturated rings. The molecule has 2 N–H and O–H groups in total. The van der Waals surface area contributed by atoms with Gasteiger partial charge in [-0.2, -0.15) is 4.98 Å². The third-order valence-electron chi connectivity index (χ3n) is 3.55. The lowest BCUT2D eigenvalue weighted by atomic mass is 10.1. The maximum absolute atomic E-state index is 4.54. The zero-order valence-corrected chi connectivity index (χ0v) is 12.2. The molecular weight excluding hydrogens is 238 g/mol. The Hall–Kier alpha value is -1.36. The van der Waals surface area contributed by atoms with Crippen molar-refractivity contribution in [1.29, 1.82) is 0 Å². The van der Waals surface area contributed by atoms with E-state index in [0.717, 1.165) is 42.8 Å². The molecule has 0 aromatic carbocycles. The average molecular weight is 263 g/mol. The Morgan fingerprint density at radius 2 is 2.26 bits per heavy atom. The highest BCUT2D eigenvalue weighted by molar-refractivity contribution is 5.46. The molecule has 0 radical (unpaired) electrons. The Bertz CT molecular complexity index is 407. The van der Waals surface area contributed by atoms with Crippen LogP contribution in [0.1, 0.15) is 25.3 Å². The lowest BCUT2D eigenvalue weighted by Gasteiger charge is -2.14. The van der Waals surface area contributed by atoms with Crippen molar-refractivity contribution in [3.8, 4) is 0 Å². The summed E-state index contributed by atoms with van der Waals surface area (Å²) in [6.07, 6.45) is 4.23. The van der Waals surface area contributed by atoms with Crippen LogP contribution < -0.4 is 10.6 Å². The van der Waals surface area contributed by atoms with E-state index >= 15 is 0 Å². The fourth-order valence-electron chi connectivity index (χ4n) is 2.38. The molecule has 0 bridgehead atoms. The summed E-state index contributed by atoms with van der Waals surface area (Å²) in [5.41, 5.74) is 1.11. The summed E-state index contributed by atoms with van der Waals surface area (Å²) in [4.78, 5) is 11.2. The quantitative estimate of drug-likeness (QED) is 0.822. The fraction of sp³-hybridized carbons (Fsp3) is 0.714. The van der Waals surface area contributed by atoms with E-state index in [-0.39, 0.29) is 0 Å². The average Bonchev–Trinajstić information content (AvgIpc) is 2.82. The first-order valence-electron chi connectivity index (χ1n) is 7.19. The van der Waals surface area contributed by atoms with E-state index in [0.29, 0.717) is 0 Å². The number of hydrogen-bond acceptors (Lipinski definition) is 5. The predicted octanol–water partition coefficient (Wildman–Crippen LogP) is 1.97. The molecular formula is C14H25N5. The Morgan fingerprint density at radius 1 is 1.42 bits per heavy atom. The predicted molar refractivity (Wildman–Crippen MR) is 79.6 cm³/mol. The van der Waals surface area contributed by atoms with Gasteiger partial charge in [-0.15, -0.1) is 0 Å². The number of hydrogen-bond donors (Lipinski definition) is 2. The van der Waals surface area contributed by atoms with Crippen LogP contribution in [0.3, 0.4) is 0 Å². The number of anilines is 2. The molecule has 1 aliphatic rings. The molecule has 1 atom stereocenters. The number of likely N-dealkylation sites (tertiary alicyclic amines) is 1. The van der Waals surface area contributed by atoms with Crippen molar-refractivity contribution in [1.82, 2.24) is 14.9 Å². The van der Waals surface area contributed by atoms with Crippen LogP contribution in [-0.4, -0.2) is 48.1 Å². The second kappa shape index (κ2) is 6.70. The highest BCUT2D eigenvalue weighted by Gasteiger charge is 2.19. The van der Waals surface area contributed by atoms with Gasteiger partial charge in [-0.25, -0.2) is 4.98 Å². The summed E-state index contributed by atoms with van der Waals surface area (Å²) in [6, 6.07) is 0. The molecule has 1 aliphatic heterocycles. The van der Waals surface area contributed by atoms with E-state index in [2.05, 4.69) is 39.5 Å². The minimum absolute atomic E-state index is 0.721. The van der Waals surface area contributed by atoms with Crippen molar-refractivity contribution in [2.24, 2.45) is 5.92 Å². The number of aromatic nitrogens is 2. The van der Waals surface area contributed by atoms with E-state index in [1.165, 1.54) is 19.5 Å². The van der Waals surface area contributed by atoms with Crippen molar-refractivity contribution >= 4 is 11.8 Å². The molecule has 5 nitrogen and oxygen atoms in total. The third-order valence-corrected chi connectivity index (χ3v) is 3.55. The van der Waals surface area contributed by atoms with Gasteiger partial charge < -0.3 is 15.5 Å². The van der Waals surface area contributed by atoms with Gasteiger partial charge in [0.1, 0.15) is 5.82 Å². The highest BCUT2D eigenvalue weighted by atomic mass is 15.2. The zero-order chi connectivity index (χ0) is 13.7. The van der Waals surface area contributed by atoms with Gasteiger partial charge in [0.05, 0.1) is 0 Å². The summed E-state index contributed by atoms with van der Waals surface area (Å²) < 4.78 is 0. The van der Waals surface area contributed by atoms with Gasteiger partial charge in [0, 0.05) is 31.4 Å². The molecule has 0 aliphatic carbocycles. The maximum Gasteiger partial charge on any atom is 0.224 e. The first-order valence-corrected chi connectivity index (χ1v) is 7.19. The summed E-state index contributed by atoms with van der Waals surface area (Å²) >= 11 is 0. The van der Waals surface area contributed by atoms with E-state index < -0.39 is 0 Å². The van der Waals surface area contributed by atoms with Gasteiger partial charge in [-0.3, -0.25) is 0 Å². The summed E-state index contributed by atoms with van der Waals surface area (Å²) in [5.74, 6) is 2.41. The zero-order valence-electron chi connectivity index (χ0n) is 12.2. The van der Waals surface area contributed by atoms with Crippen LogP contribution in [0.25, 0.3) is 0 Å². The van der Waals surface area contributed by atoms with Crippen LogP contribution >= 0.6 is 0 Å². The monoisotopic (exact) mass is 263 g/mol. The normalized spacial score (nSPS) is 19.6. The molecule has 19 heavy (non-hydrogen) atoms. The van der Waals surface area contributed by atoms with Crippen molar-refractivity contribution in [2.75, 3.05) is 43.9 Å². The third kappa shape index (κ3) is 4.06. The van der Waals surface area contributed by atoms with Crippen LogP contribution in [0.5, 0.6) is 0 Å². The minimum Gasteiger partial charge on any atom is -0.369 e. The van der Waals surface area contributed by atoms with E-state index in [1.54, 1.807) is 0 Å². The number of aryl methyl sites for hydroxylation is 1. The van der Waals surface area contributed by atoms with Gasteiger partial charge in [0.25, 0.3) is 0 Å². The molecule has 2 heterocycles. The molecule has 1 unspecified atom stereocenters. The van der Waals surface area contributed by atoms with Crippen LogP contribution in [0, 0.1) is 12.8 Å². The lowest BCUT2D eigenvalue weighted by molar-refractivity contribution is 0.399. The molecule has 5 heteroatoms. The first-order chi connectivity index (χ1) is 9.19. The van der Waals surface area contributed by atoms with Crippen molar-refractivity contribution < 1.29 is 0 Å². The van der Waals surface area contributed by atoms with Crippen LogP contribution in [0.15, 0.2) is 6.20 Å². The van der Waals surface area contributed by atoms with E-state index in [9.17, 15) is 0 Å². The minimum atomic E-state index is 0.721. The van der Waals surface area contributed by atoms with Crippen molar-refractivity contribution in [2.45, 2.75) is 26.7 Å². The second-order valence-corrected chi connectivity index (χ2v) is 5.45. The second-order valence-electron chi connectivity index (χ2n) is 5.45. The SMILES string of the molecule is CCCNc1ncc(C)c(NCC2CCN(C)C2)n1. The number of rotatable bonds is 6. The van der Waals surface area contributed by atoms with Gasteiger partial charge in [-0.1, -0.05) is 6.92 Å². The summed E-state index contributed by atoms with van der Waals surface area (Å²) in [7, 11) is 2.18. The Kier molecular flexibility index (Phi) is 4.96. The molecule has 106 valence electrons. The molecule has 2 rings (SSSR count). The molecule has 0 saturated carbocycles. The standard InChI is InChI=1S/C14H25N5/c1-4-6-15-14-17-8-11(2)13(18-14)16-9-12-5-7-19(3)10-12/h8,12H,4-7,9-10H2,1-3H3,(H2,15,16,17,18). The Balaban J connectivity index is 1.91.